The van der Waals surface area contributed by atoms with Crippen LogP contribution < -0.4 is 4.74 Å². The summed E-state index contributed by atoms with van der Waals surface area (Å²) < 4.78 is 39.7. The summed E-state index contributed by atoms with van der Waals surface area (Å²) in [6.07, 6.45) is -2.99. The molecule has 0 saturated carbocycles. The maximum atomic E-state index is 11.8. The highest BCUT2D eigenvalue weighted by molar-refractivity contribution is 6.31. The Morgan fingerprint density at radius 3 is 2.64 bits per heavy atom. The van der Waals surface area contributed by atoms with Gasteiger partial charge in [-0.3, -0.25) is 0 Å². The van der Waals surface area contributed by atoms with Crippen molar-refractivity contribution >= 4 is 11.6 Å². The second-order valence-electron chi connectivity index (χ2n) is 2.70. The predicted molar refractivity (Wildman–Crippen MR) is 45.5 cm³/mol. The molecule has 2 nitrogen and oxygen atoms in total. The van der Waals surface area contributed by atoms with Crippen molar-refractivity contribution in [3.63, 3.8) is 0 Å². The Morgan fingerprint density at radius 2 is 2.14 bits per heavy atom. The van der Waals surface area contributed by atoms with Gasteiger partial charge in [0.2, 0.25) is 5.88 Å². The second-order valence-corrected chi connectivity index (χ2v) is 3.11. The predicted octanol–water partition coefficient (Wildman–Crippen LogP) is 2.98. The van der Waals surface area contributed by atoms with Crippen LogP contribution in [0.4, 0.5) is 13.2 Å². The number of aryl methyl sites for hydroxylation is 1. The Morgan fingerprint density at radius 1 is 1.50 bits per heavy atom. The van der Waals surface area contributed by atoms with Gasteiger partial charge in [-0.05, 0) is 18.6 Å². The molecular weight excluding hydrogens is 219 g/mol. The van der Waals surface area contributed by atoms with Crippen LogP contribution in [0.5, 0.6) is 5.88 Å². The zero-order valence-corrected chi connectivity index (χ0v) is 7.99. The first kappa shape index (κ1) is 11.1. The van der Waals surface area contributed by atoms with Gasteiger partial charge >= 0.3 is 6.18 Å². The first-order chi connectivity index (χ1) is 6.38. The van der Waals surface area contributed by atoms with Crippen LogP contribution in [-0.2, 0) is 0 Å². The van der Waals surface area contributed by atoms with Gasteiger partial charge in [0, 0.05) is 6.20 Å². The number of hydrogen-bond donors (Lipinski definition) is 0. The average Bonchev–Trinajstić information content (AvgIpc) is 2.00. The summed E-state index contributed by atoms with van der Waals surface area (Å²) >= 11 is 5.60. The summed E-state index contributed by atoms with van der Waals surface area (Å²) in [6, 6.07) is 1.49. The lowest BCUT2D eigenvalue weighted by atomic mass is 10.3. The third kappa shape index (κ3) is 3.41. The number of halogens is 4. The molecule has 0 aliphatic heterocycles. The fourth-order valence-electron chi connectivity index (χ4n) is 0.777. The van der Waals surface area contributed by atoms with E-state index in [-0.39, 0.29) is 10.9 Å². The maximum absolute atomic E-state index is 11.8. The first-order valence-corrected chi connectivity index (χ1v) is 4.08. The number of aromatic nitrogens is 1. The minimum absolute atomic E-state index is 0.0780. The van der Waals surface area contributed by atoms with Crippen LogP contribution in [-0.4, -0.2) is 17.8 Å². The van der Waals surface area contributed by atoms with Crippen molar-refractivity contribution < 1.29 is 17.9 Å². The molecule has 1 rings (SSSR count). The van der Waals surface area contributed by atoms with Crippen molar-refractivity contribution in [3.8, 4) is 5.88 Å². The van der Waals surface area contributed by atoms with Crippen molar-refractivity contribution in [2.24, 2.45) is 0 Å². The lowest BCUT2D eigenvalue weighted by Gasteiger charge is -2.09. The Balaban J connectivity index is 2.68. The van der Waals surface area contributed by atoms with Crippen molar-refractivity contribution in [1.29, 1.82) is 0 Å². The molecule has 0 saturated heterocycles. The standard InChI is InChI=1S/C8H7ClF3NO/c1-5-2-6(9)7(13-3-5)14-4-8(10,11)12/h2-3H,4H2,1H3. The molecule has 0 aliphatic carbocycles. The fourth-order valence-corrected chi connectivity index (χ4v) is 1.05. The number of hydrogen-bond acceptors (Lipinski definition) is 2. The van der Waals surface area contributed by atoms with Crippen LogP contribution in [0.15, 0.2) is 12.3 Å². The van der Waals surface area contributed by atoms with E-state index in [2.05, 4.69) is 9.72 Å². The normalized spacial score (nSPS) is 11.5. The van der Waals surface area contributed by atoms with E-state index in [0.717, 1.165) is 5.56 Å². The maximum Gasteiger partial charge on any atom is 0.422 e. The van der Waals surface area contributed by atoms with Crippen LogP contribution >= 0.6 is 11.6 Å². The first-order valence-electron chi connectivity index (χ1n) is 3.70. The molecule has 0 amide bonds. The third-order valence-corrected chi connectivity index (χ3v) is 1.59. The molecule has 1 aromatic rings. The minimum atomic E-state index is -4.38. The summed E-state index contributed by atoms with van der Waals surface area (Å²) in [5, 5.41) is 0.0780. The number of rotatable bonds is 2. The van der Waals surface area contributed by atoms with E-state index in [1.165, 1.54) is 12.3 Å². The van der Waals surface area contributed by atoms with Gasteiger partial charge in [-0.2, -0.15) is 13.2 Å². The van der Waals surface area contributed by atoms with E-state index in [0.29, 0.717) is 0 Å². The summed E-state index contributed by atoms with van der Waals surface area (Å²) in [4.78, 5) is 3.63. The minimum Gasteiger partial charge on any atom is -0.467 e. The summed E-state index contributed by atoms with van der Waals surface area (Å²) in [5.41, 5.74) is 0.759. The molecule has 14 heavy (non-hydrogen) atoms. The number of alkyl halides is 3. The van der Waals surface area contributed by atoms with Crippen LogP contribution in [0, 0.1) is 6.92 Å². The molecule has 0 bridgehead atoms. The van der Waals surface area contributed by atoms with Crippen molar-refractivity contribution in [1.82, 2.24) is 4.98 Å². The average molecular weight is 226 g/mol. The molecule has 0 spiro atoms. The zero-order chi connectivity index (χ0) is 10.8. The van der Waals surface area contributed by atoms with E-state index in [9.17, 15) is 13.2 Å². The van der Waals surface area contributed by atoms with Gasteiger partial charge in [0.05, 0.1) is 0 Å². The highest BCUT2D eigenvalue weighted by Gasteiger charge is 2.29. The molecule has 0 N–H and O–H groups in total. The third-order valence-electron chi connectivity index (χ3n) is 1.32. The molecular formula is C8H7ClF3NO. The molecule has 6 heteroatoms. The van der Waals surface area contributed by atoms with E-state index < -0.39 is 12.8 Å². The Hall–Kier alpha value is -0.970. The van der Waals surface area contributed by atoms with Crippen molar-refractivity contribution in [3.05, 3.63) is 22.8 Å². The Kier molecular flexibility index (Phi) is 3.21. The molecule has 0 radical (unpaired) electrons. The van der Waals surface area contributed by atoms with Gasteiger partial charge in [0.15, 0.2) is 6.61 Å². The van der Waals surface area contributed by atoms with Gasteiger partial charge in [-0.1, -0.05) is 11.6 Å². The fraction of sp³-hybridized carbons (Fsp3) is 0.375. The molecule has 1 heterocycles. The molecule has 78 valence electrons. The number of ether oxygens (including phenoxy) is 1. The summed E-state index contributed by atoms with van der Waals surface area (Å²) in [7, 11) is 0. The van der Waals surface area contributed by atoms with E-state index in [1.807, 2.05) is 0 Å². The summed E-state index contributed by atoms with van der Waals surface area (Å²) in [5.74, 6) is -0.199. The smallest absolute Gasteiger partial charge is 0.422 e. The quantitative estimate of drug-likeness (QED) is 0.772. The van der Waals surface area contributed by atoms with Gasteiger partial charge in [-0.15, -0.1) is 0 Å². The van der Waals surface area contributed by atoms with E-state index in [4.69, 9.17) is 11.6 Å². The summed E-state index contributed by atoms with van der Waals surface area (Å²) in [6.45, 7) is 0.342. The molecule has 0 atom stereocenters. The highest BCUT2D eigenvalue weighted by atomic mass is 35.5. The molecule has 1 aromatic heterocycles. The second kappa shape index (κ2) is 4.04. The van der Waals surface area contributed by atoms with Gasteiger partial charge in [0.25, 0.3) is 0 Å². The topological polar surface area (TPSA) is 22.1 Å². The Bertz CT molecular complexity index is 327. The van der Waals surface area contributed by atoms with Crippen LogP contribution in [0.25, 0.3) is 0 Å². The molecule has 0 aromatic carbocycles. The van der Waals surface area contributed by atoms with Gasteiger partial charge in [-0.25, -0.2) is 4.98 Å². The highest BCUT2D eigenvalue weighted by Crippen LogP contribution is 2.24. The van der Waals surface area contributed by atoms with Crippen molar-refractivity contribution in [2.45, 2.75) is 13.1 Å². The SMILES string of the molecule is Cc1cnc(OCC(F)(F)F)c(Cl)c1. The lowest BCUT2D eigenvalue weighted by Crippen LogP contribution is -2.19. The van der Waals surface area contributed by atoms with Crippen LogP contribution in [0.1, 0.15) is 5.56 Å². The van der Waals surface area contributed by atoms with Gasteiger partial charge in [0.1, 0.15) is 5.02 Å². The largest absolute Gasteiger partial charge is 0.467 e. The lowest BCUT2D eigenvalue weighted by molar-refractivity contribution is -0.154. The Labute approximate surface area is 83.7 Å². The molecule has 0 aliphatic rings. The van der Waals surface area contributed by atoms with Crippen molar-refractivity contribution in [2.75, 3.05) is 6.61 Å². The van der Waals surface area contributed by atoms with E-state index >= 15 is 0 Å². The monoisotopic (exact) mass is 225 g/mol. The van der Waals surface area contributed by atoms with E-state index in [1.54, 1.807) is 6.92 Å². The van der Waals surface area contributed by atoms with Gasteiger partial charge < -0.3 is 4.74 Å². The number of pyridine rings is 1. The molecule has 0 fully saturated rings. The van der Waals surface area contributed by atoms with Crippen LogP contribution in [0.3, 0.4) is 0 Å². The molecule has 0 unspecified atom stereocenters. The zero-order valence-electron chi connectivity index (χ0n) is 7.23. The number of nitrogens with zero attached hydrogens (tertiary/aromatic N) is 1. The van der Waals surface area contributed by atoms with Crippen LogP contribution in [0.2, 0.25) is 5.02 Å².